The molecule has 0 amide bonds. The summed E-state index contributed by atoms with van der Waals surface area (Å²) < 4.78 is 31.1. The van der Waals surface area contributed by atoms with Crippen LogP contribution in [0.1, 0.15) is 18.9 Å². The van der Waals surface area contributed by atoms with Gasteiger partial charge in [0.2, 0.25) is 0 Å². The Bertz CT molecular complexity index is 435. The molecule has 0 atom stereocenters. The van der Waals surface area contributed by atoms with Gasteiger partial charge in [-0.2, -0.15) is 5.26 Å². The van der Waals surface area contributed by atoms with E-state index in [1.54, 1.807) is 12.1 Å². The number of hydrogen-bond donors (Lipinski definition) is 0. The second kappa shape index (κ2) is 5.86. The molecule has 0 aliphatic heterocycles. The maximum absolute atomic E-state index is 13.1. The number of rotatable bonds is 4. The molecule has 0 saturated carbocycles. The zero-order chi connectivity index (χ0) is 12.0. The highest BCUT2D eigenvalue weighted by molar-refractivity contribution is 5.44. The smallest absolute Gasteiger partial charge is 0.147 e. The quantitative estimate of drug-likeness (QED) is 0.734. The van der Waals surface area contributed by atoms with Crippen LogP contribution >= 0.6 is 0 Å². The summed E-state index contributed by atoms with van der Waals surface area (Å²) in [6, 6.07) is 3.30. The molecule has 0 heterocycles. The Morgan fingerprint density at radius 1 is 1.38 bits per heavy atom. The van der Waals surface area contributed by atoms with Crippen LogP contribution in [0, 0.1) is 23.0 Å². The van der Waals surface area contributed by atoms with Gasteiger partial charge in [0.15, 0.2) is 0 Å². The topological polar surface area (TPSA) is 33.0 Å². The lowest BCUT2D eigenvalue weighted by atomic mass is 10.2. The molecule has 1 aromatic rings. The number of allylic oxidation sites excluding steroid dienone is 1. The maximum Gasteiger partial charge on any atom is 0.147 e. The predicted octanol–water partition coefficient (Wildman–Crippen LogP) is 3.18. The molecule has 0 spiro atoms. The van der Waals surface area contributed by atoms with E-state index in [9.17, 15) is 8.78 Å². The summed E-state index contributed by atoms with van der Waals surface area (Å²) >= 11 is 0. The average molecular weight is 223 g/mol. The van der Waals surface area contributed by atoms with Crippen LogP contribution in [0.25, 0.3) is 0 Å². The molecule has 0 aliphatic carbocycles. The van der Waals surface area contributed by atoms with Crippen LogP contribution in [0.2, 0.25) is 0 Å². The Balaban J connectivity index is 2.86. The van der Waals surface area contributed by atoms with Gasteiger partial charge in [-0.1, -0.05) is 19.1 Å². The molecule has 0 unspecified atom stereocenters. The number of nitrogens with zero attached hydrogens (tertiary/aromatic N) is 1. The van der Waals surface area contributed by atoms with Gasteiger partial charge in [-0.3, -0.25) is 0 Å². The van der Waals surface area contributed by atoms with Crippen LogP contribution in [-0.4, -0.2) is 6.61 Å². The summed E-state index contributed by atoms with van der Waals surface area (Å²) in [7, 11) is 0. The van der Waals surface area contributed by atoms with E-state index in [1.807, 2.05) is 13.0 Å². The molecule has 0 aliphatic rings. The largest absolute Gasteiger partial charge is 0.488 e. The number of ether oxygens (including phenoxy) is 1. The fraction of sp³-hybridized carbons (Fsp3) is 0.250. The van der Waals surface area contributed by atoms with Crippen molar-refractivity contribution in [2.45, 2.75) is 13.3 Å². The molecule has 4 heteroatoms. The first kappa shape index (κ1) is 12.2. The lowest BCUT2D eigenvalue weighted by Crippen LogP contribution is -1.99. The van der Waals surface area contributed by atoms with Crippen molar-refractivity contribution in [3.05, 3.63) is 41.5 Å². The average Bonchev–Trinajstić information content (AvgIpc) is 2.24. The number of benzene rings is 1. The molecular formula is C12H11F2NO. The molecule has 0 fully saturated rings. The van der Waals surface area contributed by atoms with E-state index in [0.717, 1.165) is 12.5 Å². The molecule has 1 rings (SSSR count). The van der Waals surface area contributed by atoms with E-state index in [2.05, 4.69) is 0 Å². The third-order valence-electron chi connectivity index (χ3n) is 1.87. The van der Waals surface area contributed by atoms with Crippen LogP contribution in [0.5, 0.6) is 5.75 Å². The summed E-state index contributed by atoms with van der Waals surface area (Å²) in [5.74, 6) is -1.73. The van der Waals surface area contributed by atoms with Crippen LogP contribution in [0.15, 0.2) is 24.3 Å². The molecule has 0 N–H and O–H groups in total. The normalized spacial score (nSPS) is 10.4. The lowest BCUT2D eigenvalue weighted by molar-refractivity contribution is 0.356. The summed E-state index contributed by atoms with van der Waals surface area (Å²) in [6.07, 6.45) is 4.44. The van der Waals surface area contributed by atoms with Crippen molar-refractivity contribution in [2.75, 3.05) is 6.61 Å². The van der Waals surface area contributed by atoms with Crippen LogP contribution in [-0.2, 0) is 0 Å². The van der Waals surface area contributed by atoms with E-state index in [0.29, 0.717) is 6.07 Å². The van der Waals surface area contributed by atoms with Crippen LogP contribution < -0.4 is 4.74 Å². The van der Waals surface area contributed by atoms with Gasteiger partial charge in [0.1, 0.15) is 35.6 Å². The molecular weight excluding hydrogens is 212 g/mol. The minimum absolute atomic E-state index is 0.0687. The number of halogens is 2. The maximum atomic E-state index is 13.1. The Hall–Kier alpha value is -1.89. The minimum Gasteiger partial charge on any atom is -0.488 e. The first-order valence-corrected chi connectivity index (χ1v) is 4.86. The molecule has 0 bridgehead atoms. The van der Waals surface area contributed by atoms with Gasteiger partial charge in [0.05, 0.1) is 0 Å². The Morgan fingerprint density at radius 2 is 2.12 bits per heavy atom. The molecule has 1 aromatic carbocycles. The molecule has 16 heavy (non-hydrogen) atoms. The molecule has 84 valence electrons. The fourth-order valence-electron chi connectivity index (χ4n) is 1.14. The van der Waals surface area contributed by atoms with Gasteiger partial charge in [-0.25, -0.2) is 8.78 Å². The fourth-order valence-corrected chi connectivity index (χ4v) is 1.14. The van der Waals surface area contributed by atoms with E-state index >= 15 is 0 Å². The van der Waals surface area contributed by atoms with Crippen molar-refractivity contribution in [2.24, 2.45) is 0 Å². The predicted molar refractivity (Wildman–Crippen MR) is 56.0 cm³/mol. The highest BCUT2D eigenvalue weighted by atomic mass is 19.1. The highest BCUT2D eigenvalue weighted by Gasteiger charge is 2.11. The molecule has 2 nitrogen and oxygen atoms in total. The van der Waals surface area contributed by atoms with E-state index in [1.165, 1.54) is 0 Å². The highest BCUT2D eigenvalue weighted by Crippen LogP contribution is 2.22. The summed E-state index contributed by atoms with van der Waals surface area (Å²) in [5.41, 5.74) is -0.272. The standard InChI is InChI=1S/C12H11F2NO/c1-2-3-4-5-16-12-7-9(13)6-11(14)10(12)8-15/h3-4,6-7H,2,5H2,1H3/b4-3+. The van der Waals surface area contributed by atoms with Crippen molar-refractivity contribution < 1.29 is 13.5 Å². The third kappa shape index (κ3) is 3.06. The third-order valence-corrected chi connectivity index (χ3v) is 1.87. The van der Waals surface area contributed by atoms with Crippen molar-refractivity contribution in [3.8, 4) is 11.8 Å². The van der Waals surface area contributed by atoms with Gasteiger partial charge < -0.3 is 4.74 Å². The van der Waals surface area contributed by atoms with E-state index < -0.39 is 11.6 Å². The lowest BCUT2D eigenvalue weighted by Gasteiger charge is -2.06. The SMILES string of the molecule is CC/C=C/COc1cc(F)cc(F)c1C#N. The van der Waals surface area contributed by atoms with Crippen LogP contribution in [0.3, 0.4) is 0 Å². The van der Waals surface area contributed by atoms with Crippen molar-refractivity contribution in [1.82, 2.24) is 0 Å². The van der Waals surface area contributed by atoms with Crippen molar-refractivity contribution in [3.63, 3.8) is 0 Å². The van der Waals surface area contributed by atoms with Crippen LogP contribution in [0.4, 0.5) is 8.78 Å². The van der Waals surface area contributed by atoms with Gasteiger partial charge in [-0.05, 0) is 6.42 Å². The second-order valence-corrected chi connectivity index (χ2v) is 3.06. The monoisotopic (exact) mass is 223 g/mol. The Labute approximate surface area is 92.8 Å². The first-order chi connectivity index (χ1) is 7.69. The molecule has 0 saturated heterocycles. The zero-order valence-electron chi connectivity index (χ0n) is 8.84. The number of hydrogen-bond acceptors (Lipinski definition) is 2. The molecule has 0 radical (unpaired) electrons. The van der Waals surface area contributed by atoms with Gasteiger partial charge in [0.25, 0.3) is 0 Å². The summed E-state index contributed by atoms with van der Waals surface area (Å²) in [5, 5.41) is 8.68. The number of nitriles is 1. The zero-order valence-corrected chi connectivity index (χ0v) is 8.84. The minimum atomic E-state index is -0.906. The Kier molecular flexibility index (Phi) is 4.46. The Morgan fingerprint density at radius 3 is 2.75 bits per heavy atom. The van der Waals surface area contributed by atoms with Crippen molar-refractivity contribution in [1.29, 1.82) is 5.26 Å². The second-order valence-electron chi connectivity index (χ2n) is 3.06. The first-order valence-electron chi connectivity index (χ1n) is 4.86. The summed E-state index contributed by atoms with van der Waals surface area (Å²) in [6.45, 7) is 2.14. The molecule has 0 aromatic heterocycles. The van der Waals surface area contributed by atoms with Crippen molar-refractivity contribution >= 4 is 0 Å². The van der Waals surface area contributed by atoms with Gasteiger partial charge in [0, 0.05) is 12.1 Å². The van der Waals surface area contributed by atoms with Gasteiger partial charge >= 0.3 is 0 Å². The van der Waals surface area contributed by atoms with E-state index in [-0.39, 0.29) is 17.9 Å². The van der Waals surface area contributed by atoms with Gasteiger partial charge in [-0.15, -0.1) is 0 Å². The summed E-state index contributed by atoms with van der Waals surface area (Å²) in [4.78, 5) is 0. The van der Waals surface area contributed by atoms with E-state index in [4.69, 9.17) is 10.00 Å².